The molecule has 33 heavy (non-hydrogen) atoms. The first-order valence-corrected chi connectivity index (χ1v) is 11.2. The Balaban J connectivity index is 0.00000544. The Bertz CT molecular complexity index is 866. The molecular weight excluding hydrogens is 535 g/mol. The van der Waals surface area contributed by atoms with Crippen molar-refractivity contribution in [3.05, 3.63) is 64.2 Å². The van der Waals surface area contributed by atoms with E-state index in [1.807, 2.05) is 12.1 Å². The Morgan fingerprint density at radius 3 is 2.06 bits per heavy atom. The number of nitro groups is 1. The Morgan fingerprint density at radius 2 is 1.45 bits per heavy atom. The van der Waals surface area contributed by atoms with Gasteiger partial charge in [0.15, 0.2) is 5.75 Å². The molecular formula is C25H35IN2O5. The molecule has 2 rings (SSSR count). The Hall–Kier alpha value is -2.20. The van der Waals surface area contributed by atoms with Gasteiger partial charge in [0.05, 0.1) is 45.7 Å². The highest BCUT2D eigenvalue weighted by atomic mass is 127. The van der Waals surface area contributed by atoms with Crippen molar-refractivity contribution in [3.8, 4) is 5.75 Å². The van der Waals surface area contributed by atoms with Crippen molar-refractivity contribution >= 4 is 17.3 Å². The van der Waals surface area contributed by atoms with E-state index in [1.54, 1.807) is 18.2 Å². The molecule has 0 radical (unpaired) electrons. The Morgan fingerprint density at radius 1 is 0.879 bits per heavy atom. The van der Waals surface area contributed by atoms with Gasteiger partial charge in [0, 0.05) is 6.07 Å². The first kappa shape index (κ1) is 28.8. The third-order valence-corrected chi connectivity index (χ3v) is 5.18. The largest absolute Gasteiger partial charge is 1.00 e. The van der Waals surface area contributed by atoms with Crippen LogP contribution in [0.2, 0.25) is 0 Å². The van der Waals surface area contributed by atoms with Gasteiger partial charge in [-0.2, -0.15) is 0 Å². The van der Waals surface area contributed by atoms with Gasteiger partial charge < -0.3 is 33.5 Å². The molecule has 0 bridgehead atoms. The summed E-state index contributed by atoms with van der Waals surface area (Å²) in [4.78, 5) is 22.5. The minimum Gasteiger partial charge on any atom is -1.00 e. The molecule has 2 aromatic rings. The number of quaternary nitrogens is 1. The standard InChI is InChI=1S/C25H35N2O5.HI/c1-27(2,3)22-16-14-21(15-17-22)20-25(28)32-19-11-7-5-4-6-10-18-31-24-13-9-8-12-23(24)26(29)30;/h8-9,12-17H,4-7,10-11,18-20H2,1-3H3;1H/q+1;/p-1. The van der Waals surface area contributed by atoms with Crippen molar-refractivity contribution in [1.29, 1.82) is 0 Å². The molecule has 0 saturated heterocycles. The van der Waals surface area contributed by atoms with Gasteiger partial charge in [-0.15, -0.1) is 0 Å². The first-order chi connectivity index (χ1) is 15.3. The van der Waals surface area contributed by atoms with Crippen molar-refractivity contribution in [3.63, 3.8) is 0 Å². The van der Waals surface area contributed by atoms with Crippen LogP contribution in [0.5, 0.6) is 5.75 Å². The second kappa shape index (κ2) is 14.8. The van der Waals surface area contributed by atoms with E-state index < -0.39 is 4.92 Å². The predicted octanol–water partition coefficient (Wildman–Crippen LogP) is 2.30. The second-order valence-electron chi connectivity index (χ2n) is 8.77. The molecule has 0 spiro atoms. The van der Waals surface area contributed by atoms with E-state index in [9.17, 15) is 14.9 Å². The molecule has 0 aliphatic rings. The lowest BCUT2D eigenvalue weighted by molar-refractivity contribution is -0.385. The van der Waals surface area contributed by atoms with Crippen LogP contribution in [0.15, 0.2) is 48.5 Å². The third-order valence-electron chi connectivity index (χ3n) is 5.18. The van der Waals surface area contributed by atoms with Crippen molar-refractivity contribution in [2.24, 2.45) is 0 Å². The van der Waals surface area contributed by atoms with Crippen LogP contribution in [0.1, 0.15) is 44.1 Å². The average Bonchev–Trinajstić information content (AvgIpc) is 2.75. The number of para-hydroxylation sites is 2. The van der Waals surface area contributed by atoms with Gasteiger partial charge in [-0.1, -0.05) is 49.9 Å². The van der Waals surface area contributed by atoms with Crippen molar-refractivity contribution in [2.75, 3.05) is 34.4 Å². The van der Waals surface area contributed by atoms with Gasteiger partial charge >= 0.3 is 11.7 Å². The minimum absolute atomic E-state index is 0. The first-order valence-electron chi connectivity index (χ1n) is 11.2. The molecule has 0 aromatic heterocycles. The fraction of sp³-hybridized carbons (Fsp3) is 0.480. The number of nitro benzene ring substituents is 1. The summed E-state index contributed by atoms with van der Waals surface area (Å²) in [5.41, 5.74) is 2.16. The van der Waals surface area contributed by atoms with Crippen LogP contribution in [0.25, 0.3) is 0 Å². The number of hydrogen-bond acceptors (Lipinski definition) is 5. The molecule has 0 atom stereocenters. The zero-order valence-electron chi connectivity index (χ0n) is 19.8. The van der Waals surface area contributed by atoms with Crippen LogP contribution in [-0.4, -0.2) is 45.2 Å². The molecule has 8 heteroatoms. The van der Waals surface area contributed by atoms with Crippen LogP contribution in [0, 0.1) is 10.1 Å². The average molecular weight is 570 g/mol. The number of carbonyl (C=O) groups excluding carboxylic acids is 1. The molecule has 2 aromatic carbocycles. The van der Waals surface area contributed by atoms with Crippen LogP contribution in [-0.2, 0) is 16.0 Å². The van der Waals surface area contributed by atoms with E-state index in [-0.39, 0.29) is 35.6 Å². The normalized spacial score (nSPS) is 10.9. The summed E-state index contributed by atoms with van der Waals surface area (Å²) in [7, 11) is 6.32. The smallest absolute Gasteiger partial charge is 0.310 e. The fourth-order valence-electron chi connectivity index (χ4n) is 3.29. The number of halogens is 1. The van der Waals surface area contributed by atoms with Crippen LogP contribution < -0.4 is 33.2 Å². The fourth-order valence-corrected chi connectivity index (χ4v) is 3.29. The van der Waals surface area contributed by atoms with E-state index in [0.29, 0.717) is 25.4 Å². The number of hydrogen-bond donors (Lipinski definition) is 0. The third kappa shape index (κ3) is 11.0. The zero-order valence-corrected chi connectivity index (χ0v) is 22.0. The predicted molar refractivity (Wildman–Crippen MR) is 127 cm³/mol. The molecule has 0 aliphatic heterocycles. The van der Waals surface area contributed by atoms with Crippen LogP contribution in [0.4, 0.5) is 11.4 Å². The number of esters is 1. The molecule has 0 unspecified atom stereocenters. The number of ether oxygens (including phenoxy) is 2. The van der Waals surface area contributed by atoms with Crippen molar-refractivity contribution < 1.29 is 43.2 Å². The summed E-state index contributed by atoms with van der Waals surface area (Å²) < 4.78 is 11.6. The summed E-state index contributed by atoms with van der Waals surface area (Å²) in [6.45, 7) is 0.925. The van der Waals surface area contributed by atoms with Crippen molar-refractivity contribution in [1.82, 2.24) is 4.48 Å². The van der Waals surface area contributed by atoms with E-state index in [2.05, 4.69) is 33.3 Å². The molecule has 0 amide bonds. The lowest BCUT2D eigenvalue weighted by Gasteiger charge is -2.23. The van der Waals surface area contributed by atoms with E-state index in [0.717, 1.165) is 48.6 Å². The molecule has 0 heterocycles. The lowest BCUT2D eigenvalue weighted by Crippen LogP contribution is -3.00. The highest BCUT2D eigenvalue weighted by molar-refractivity contribution is 5.72. The zero-order chi connectivity index (χ0) is 23.4. The summed E-state index contributed by atoms with van der Waals surface area (Å²) >= 11 is 0. The number of rotatable bonds is 14. The van der Waals surface area contributed by atoms with Crippen LogP contribution in [0.3, 0.4) is 0 Å². The van der Waals surface area contributed by atoms with Gasteiger partial charge in [0.2, 0.25) is 0 Å². The van der Waals surface area contributed by atoms with E-state index in [1.165, 1.54) is 11.8 Å². The number of benzene rings is 2. The topological polar surface area (TPSA) is 78.7 Å². The second-order valence-corrected chi connectivity index (χ2v) is 8.77. The molecule has 0 fully saturated rings. The quantitative estimate of drug-likeness (QED) is 0.0871. The highest BCUT2D eigenvalue weighted by Crippen LogP contribution is 2.26. The summed E-state index contributed by atoms with van der Waals surface area (Å²) in [6, 6.07) is 14.5. The minimum atomic E-state index is -0.426. The van der Waals surface area contributed by atoms with E-state index >= 15 is 0 Å². The van der Waals surface area contributed by atoms with E-state index in [4.69, 9.17) is 9.47 Å². The molecule has 0 aliphatic carbocycles. The Labute approximate surface area is 213 Å². The summed E-state index contributed by atoms with van der Waals surface area (Å²) in [5.74, 6) is 0.138. The lowest BCUT2D eigenvalue weighted by atomic mass is 10.1. The summed E-state index contributed by atoms with van der Waals surface area (Å²) in [6.07, 6.45) is 6.16. The SMILES string of the molecule is C[N+](C)(C)c1ccc(CC(=O)OCCCCCCCCOc2ccccc2[N+](=O)[O-])cc1.[I-]. The number of nitrogens with zero attached hydrogens (tertiary/aromatic N) is 2. The van der Waals surface area contributed by atoms with Gasteiger partial charge in [-0.3, -0.25) is 19.4 Å². The van der Waals surface area contributed by atoms with Gasteiger partial charge in [0.25, 0.3) is 0 Å². The molecule has 182 valence electrons. The van der Waals surface area contributed by atoms with Crippen molar-refractivity contribution in [2.45, 2.75) is 44.9 Å². The molecule has 7 nitrogen and oxygen atoms in total. The molecule has 0 N–H and O–H groups in total. The van der Waals surface area contributed by atoms with Gasteiger partial charge in [-0.05, 0) is 36.6 Å². The number of unbranched alkanes of at least 4 members (excludes halogenated alkanes) is 5. The van der Waals surface area contributed by atoms with Gasteiger partial charge in [0.1, 0.15) is 5.69 Å². The highest BCUT2D eigenvalue weighted by Gasteiger charge is 2.13. The maximum absolute atomic E-state index is 12.0. The molecule has 0 saturated carbocycles. The monoisotopic (exact) mass is 570 g/mol. The van der Waals surface area contributed by atoms with Crippen LogP contribution >= 0.6 is 0 Å². The number of carbonyl (C=O) groups is 1. The summed E-state index contributed by atoms with van der Waals surface area (Å²) in [5, 5.41) is 11.0. The van der Waals surface area contributed by atoms with Gasteiger partial charge in [-0.25, -0.2) is 0 Å². The maximum Gasteiger partial charge on any atom is 0.310 e. The maximum atomic E-state index is 12.0. The Kier molecular flexibility index (Phi) is 13.0.